The number of hydrogen-bond acceptors (Lipinski definition) is 5. The third-order valence-corrected chi connectivity index (χ3v) is 4.19. The molecule has 0 radical (unpaired) electrons. The van der Waals surface area contributed by atoms with Crippen LogP contribution in [0.3, 0.4) is 0 Å². The fourth-order valence-corrected chi connectivity index (χ4v) is 2.95. The van der Waals surface area contributed by atoms with Crippen LogP contribution in [0, 0.1) is 10.1 Å². The molecule has 6 heteroatoms. The summed E-state index contributed by atoms with van der Waals surface area (Å²) >= 11 is 1.55. The molecular weight excluding hydrogens is 300 g/mol. The van der Waals surface area contributed by atoms with Crippen molar-refractivity contribution in [2.45, 2.75) is 0 Å². The van der Waals surface area contributed by atoms with Gasteiger partial charge in [-0.25, -0.2) is 0 Å². The molecule has 3 rings (SSSR count). The highest BCUT2D eigenvalue weighted by atomic mass is 32.1. The first-order valence-electron chi connectivity index (χ1n) is 6.52. The van der Waals surface area contributed by atoms with Gasteiger partial charge in [0.15, 0.2) is 0 Å². The lowest BCUT2D eigenvalue weighted by Gasteiger charge is -1.98. The molecule has 0 aliphatic carbocycles. The smallest absolute Gasteiger partial charge is 0.270 e. The highest BCUT2D eigenvalue weighted by molar-refractivity contribution is 7.20. The third-order valence-electron chi connectivity index (χ3n) is 3.14. The van der Waals surface area contributed by atoms with Crippen LogP contribution in [0.1, 0.15) is 4.88 Å². The van der Waals surface area contributed by atoms with E-state index < -0.39 is 0 Å². The molecule has 0 unspecified atom stereocenters. The van der Waals surface area contributed by atoms with Gasteiger partial charge in [0.2, 0.25) is 0 Å². The molecule has 3 aromatic rings. The van der Waals surface area contributed by atoms with Crippen molar-refractivity contribution in [3.63, 3.8) is 0 Å². The van der Waals surface area contributed by atoms with Crippen molar-refractivity contribution in [3.8, 4) is 5.75 Å². The summed E-state index contributed by atoms with van der Waals surface area (Å²) in [5.41, 5.74) is 0.924. The Balaban J connectivity index is 1.86. The maximum Gasteiger partial charge on any atom is 0.270 e. The second-order valence-electron chi connectivity index (χ2n) is 4.58. The normalized spacial score (nSPS) is 11.1. The van der Waals surface area contributed by atoms with E-state index in [1.165, 1.54) is 6.07 Å². The lowest BCUT2D eigenvalue weighted by molar-refractivity contribution is -0.384. The first-order chi connectivity index (χ1) is 10.7. The number of fused-ring (bicyclic) bond motifs is 1. The van der Waals surface area contributed by atoms with E-state index in [0.29, 0.717) is 0 Å². The van der Waals surface area contributed by atoms with E-state index in [1.807, 2.05) is 30.3 Å². The minimum absolute atomic E-state index is 0.101. The maximum atomic E-state index is 10.8. The molecule has 22 heavy (non-hydrogen) atoms. The molecule has 0 amide bonds. The van der Waals surface area contributed by atoms with Crippen molar-refractivity contribution in [3.05, 3.63) is 63.5 Å². The first kappa shape index (κ1) is 14.2. The van der Waals surface area contributed by atoms with E-state index in [9.17, 15) is 10.1 Å². The fraction of sp³-hybridized carbons (Fsp3) is 0.0625. The molecule has 2 aromatic carbocycles. The van der Waals surface area contributed by atoms with Gasteiger partial charge in [0.25, 0.3) is 5.69 Å². The quantitative estimate of drug-likeness (QED) is 0.403. The van der Waals surface area contributed by atoms with Crippen LogP contribution >= 0.6 is 11.3 Å². The van der Waals surface area contributed by atoms with Gasteiger partial charge in [0, 0.05) is 27.9 Å². The zero-order valence-corrected chi connectivity index (χ0v) is 12.5. The number of ether oxygens (including phenoxy) is 1. The van der Waals surface area contributed by atoms with Crippen molar-refractivity contribution >= 4 is 39.0 Å². The molecule has 0 saturated carbocycles. The van der Waals surface area contributed by atoms with Crippen LogP contribution in [0.4, 0.5) is 11.4 Å². The van der Waals surface area contributed by atoms with Crippen molar-refractivity contribution in [1.29, 1.82) is 0 Å². The second kappa shape index (κ2) is 5.95. The molecule has 0 N–H and O–H groups in total. The fourth-order valence-electron chi connectivity index (χ4n) is 2.03. The first-order valence-corrected chi connectivity index (χ1v) is 7.33. The molecule has 5 nitrogen and oxygen atoms in total. The van der Waals surface area contributed by atoms with Crippen molar-refractivity contribution < 1.29 is 9.66 Å². The predicted octanol–water partition coefficient (Wildman–Crippen LogP) is 4.57. The average molecular weight is 312 g/mol. The molecule has 0 spiro atoms. The van der Waals surface area contributed by atoms with Gasteiger partial charge in [0.1, 0.15) is 5.75 Å². The van der Waals surface area contributed by atoms with Gasteiger partial charge in [-0.05, 0) is 41.8 Å². The van der Waals surface area contributed by atoms with Gasteiger partial charge in [0.05, 0.1) is 17.7 Å². The molecule has 1 heterocycles. The largest absolute Gasteiger partial charge is 0.497 e. The van der Waals surface area contributed by atoms with Crippen LogP contribution in [-0.4, -0.2) is 18.2 Å². The monoisotopic (exact) mass is 312 g/mol. The summed E-state index contributed by atoms with van der Waals surface area (Å²) in [6.07, 6.45) is 1.76. The van der Waals surface area contributed by atoms with E-state index in [1.54, 1.807) is 36.8 Å². The Kier molecular flexibility index (Phi) is 3.84. The summed E-state index contributed by atoms with van der Waals surface area (Å²) in [5.74, 6) is 0.785. The number of hydrogen-bond donors (Lipinski definition) is 0. The zero-order chi connectivity index (χ0) is 15.5. The molecule has 0 fully saturated rings. The number of nitro benzene ring substituents is 1. The molecule has 110 valence electrons. The summed E-state index contributed by atoms with van der Waals surface area (Å²) in [7, 11) is 1.62. The number of thiophene rings is 1. The number of aliphatic imine (C=N–C) groups is 1. The molecule has 0 bridgehead atoms. The van der Waals surface area contributed by atoms with Crippen molar-refractivity contribution in [2.24, 2.45) is 4.99 Å². The minimum atomic E-state index is -0.387. The van der Waals surface area contributed by atoms with Crippen LogP contribution in [0.5, 0.6) is 5.75 Å². The van der Waals surface area contributed by atoms with Gasteiger partial charge >= 0.3 is 0 Å². The highest BCUT2D eigenvalue weighted by Crippen LogP contribution is 2.28. The Hall–Kier alpha value is -2.73. The Morgan fingerprint density at radius 2 is 1.95 bits per heavy atom. The van der Waals surface area contributed by atoms with Gasteiger partial charge in [-0.1, -0.05) is 0 Å². The van der Waals surface area contributed by atoms with Gasteiger partial charge in [-0.3, -0.25) is 15.1 Å². The van der Waals surface area contributed by atoms with E-state index in [4.69, 9.17) is 4.74 Å². The summed E-state index contributed by atoms with van der Waals surface area (Å²) in [6.45, 7) is 0. The number of non-ortho nitro benzene ring substituents is 1. The summed E-state index contributed by atoms with van der Waals surface area (Å²) < 4.78 is 6.10. The lowest BCUT2D eigenvalue weighted by atomic mass is 10.2. The van der Waals surface area contributed by atoms with Gasteiger partial charge in [-0.2, -0.15) is 0 Å². The topological polar surface area (TPSA) is 64.7 Å². The Morgan fingerprint density at radius 1 is 1.18 bits per heavy atom. The standard InChI is InChI=1S/C16H12N2O3S/c1-21-14-5-2-12(3-6-14)17-10-15-9-11-8-13(18(19)20)4-7-16(11)22-15/h2-10H,1H3. The Morgan fingerprint density at radius 3 is 2.64 bits per heavy atom. The average Bonchev–Trinajstić information content (AvgIpc) is 2.95. The summed E-state index contributed by atoms with van der Waals surface area (Å²) in [5, 5.41) is 11.6. The molecular formula is C16H12N2O3S. The van der Waals surface area contributed by atoms with Gasteiger partial charge in [-0.15, -0.1) is 11.3 Å². The van der Waals surface area contributed by atoms with E-state index in [2.05, 4.69) is 4.99 Å². The number of methoxy groups -OCH3 is 1. The van der Waals surface area contributed by atoms with E-state index >= 15 is 0 Å². The highest BCUT2D eigenvalue weighted by Gasteiger charge is 2.08. The number of nitro groups is 1. The second-order valence-corrected chi connectivity index (χ2v) is 5.70. The van der Waals surface area contributed by atoms with Crippen LogP contribution in [0.2, 0.25) is 0 Å². The lowest BCUT2D eigenvalue weighted by Crippen LogP contribution is -1.85. The Bertz CT molecular complexity index is 853. The van der Waals surface area contributed by atoms with E-state index in [-0.39, 0.29) is 10.6 Å². The zero-order valence-electron chi connectivity index (χ0n) is 11.7. The SMILES string of the molecule is COc1ccc(N=Cc2cc3cc([N+](=O)[O-])ccc3s2)cc1. The Labute approximate surface area is 130 Å². The summed E-state index contributed by atoms with van der Waals surface area (Å²) in [4.78, 5) is 15.8. The molecule has 0 aliphatic rings. The van der Waals surface area contributed by atoms with Gasteiger partial charge < -0.3 is 4.74 Å². The van der Waals surface area contributed by atoms with Crippen molar-refractivity contribution in [2.75, 3.05) is 7.11 Å². The third kappa shape index (κ3) is 2.96. The summed E-state index contributed by atoms with van der Waals surface area (Å²) in [6, 6.07) is 14.2. The van der Waals surface area contributed by atoms with Crippen LogP contribution in [0.25, 0.3) is 10.1 Å². The van der Waals surface area contributed by atoms with Crippen LogP contribution in [0.15, 0.2) is 53.5 Å². The number of rotatable bonds is 4. The number of benzene rings is 2. The van der Waals surface area contributed by atoms with E-state index in [0.717, 1.165) is 26.4 Å². The van der Waals surface area contributed by atoms with Crippen molar-refractivity contribution in [1.82, 2.24) is 0 Å². The molecule has 1 aromatic heterocycles. The molecule has 0 atom stereocenters. The maximum absolute atomic E-state index is 10.8. The predicted molar refractivity (Wildman–Crippen MR) is 88.7 cm³/mol. The minimum Gasteiger partial charge on any atom is -0.497 e. The van der Waals surface area contributed by atoms with Crippen LogP contribution < -0.4 is 4.74 Å². The molecule has 0 saturated heterocycles. The van der Waals surface area contributed by atoms with Crippen LogP contribution in [-0.2, 0) is 0 Å². The molecule has 0 aliphatic heterocycles. The number of nitrogens with zero attached hydrogens (tertiary/aromatic N) is 2.